The molecule has 0 fully saturated rings. The van der Waals surface area contributed by atoms with Crippen LogP contribution < -0.4 is 0 Å². The number of aromatic nitrogens is 1. The zero-order valence-corrected chi connectivity index (χ0v) is 27.9. The molecule has 0 saturated carbocycles. The molecular formula is C47H35N3. The molecule has 0 amide bonds. The summed E-state index contributed by atoms with van der Waals surface area (Å²) in [6.07, 6.45) is 0.922. The summed E-state index contributed by atoms with van der Waals surface area (Å²) in [5, 5.41) is 2.57. The fraction of sp³-hybridized carbons (Fsp3) is 0.0638. The van der Waals surface area contributed by atoms with E-state index in [0.717, 1.165) is 34.7 Å². The van der Waals surface area contributed by atoms with Gasteiger partial charge in [0.1, 0.15) is 0 Å². The van der Waals surface area contributed by atoms with E-state index < -0.39 is 0 Å². The van der Waals surface area contributed by atoms with Gasteiger partial charge in [0.15, 0.2) is 5.84 Å². The molecule has 0 bridgehead atoms. The molecule has 0 saturated heterocycles. The number of rotatable bonds is 6. The van der Waals surface area contributed by atoms with Gasteiger partial charge in [-0.05, 0) is 70.5 Å². The summed E-state index contributed by atoms with van der Waals surface area (Å²) >= 11 is 0. The zero-order valence-electron chi connectivity index (χ0n) is 27.9. The molecule has 1 heterocycles. The average molecular weight is 642 g/mol. The SMILES string of the molecule is C/C(=N\C(=N/Cc1ccccc1)c1ccc(-c2ccc3c(c2)Cc2cccc(-n4c5ccccc5c5ccccc54)c2-3)cc1)c1ccccc1. The molecule has 9 rings (SSSR count). The van der Waals surface area contributed by atoms with Crippen LogP contribution in [0, 0.1) is 0 Å². The van der Waals surface area contributed by atoms with Crippen LogP contribution in [0.25, 0.3) is 49.7 Å². The second-order valence-electron chi connectivity index (χ2n) is 13.0. The van der Waals surface area contributed by atoms with E-state index in [1.165, 1.54) is 60.9 Å². The summed E-state index contributed by atoms with van der Waals surface area (Å²) in [5.74, 6) is 0.740. The van der Waals surface area contributed by atoms with E-state index in [1.807, 2.05) is 24.3 Å². The highest BCUT2D eigenvalue weighted by Crippen LogP contribution is 2.44. The van der Waals surface area contributed by atoms with Crippen molar-refractivity contribution < 1.29 is 0 Å². The van der Waals surface area contributed by atoms with E-state index in [9.17, 15) is 0 Å². The van der Waals surface area contributed by atoms with Crippen LogP contribution in [0.3, 0.4) is 0 Å². The lowest BCUT2D eigenvalue weighted by Gasteiger charge is -2.14. The molecule has 0 aliphatic heterocycles. The minimum atomic E-state index is 0.575. The van der Waals surface area contributed by atoms with Crippen molar-refractivity contribution in [3.8, 4) is 27.9 Å². The van der Waals surface area contributed by atoms with Gasteiger partial charge in [-0.15, -0.1) is 0 Å². The summed E-state index contributed by atoms with van der Waals surface area (Å²) in [5.41, 5.74) is 15.7. The first-order valence-electron chi connectivity index (χ1n) is 17.2. The van der Waals surface area contributed by atoms with Crippen molar-refractivity contribution in [2.75, 3.05) is 0 Å². The van der Waals surface area contributed by atoms with Gasteiger partial charge in [0.25, 0.3) is 0 Å². The summed E-state index contributed by atoms with van der Waals surface area (Å²) in [7, 11) is 0. The number of benzene rings is 7. The van der Waals surface area contributed by atoms with Gasteiger partial charge in [-0.3, -0.25) is 4.99 Å². The first kappa shape index (κ1) is 29.8. The Morgan fingerprint density at radius 2 is 1.20 bits per heavy atom. The van der Waals surface area contributed by atoms with Gasteiger partial charge in [0.05, 0.1) is 23.3 Å². The third-order valence-electron chi connectivity index (χ3n) is 9.90. The summed E-state index contributed by atoms with van der Waals surface area (Å²) in [4.78, 5) is 10.0. The molecule has 0 radical (unpaired) electrons. The van der Waals surface area contributed by atoms with Crippen LogP contribution in [0.2, 0.25) is 0 Å². The lowest BCUT2D eigenvalue weighted by molar-refractivity contribution is 1.06. The molecule has 0 N–H and O–H groups in total. The van der Waals surface area contributed by atoms with E-state index in [1.54, 1.807) is 0 Å². The first-order chi connectivity index (χ1) is 24.7. The second-order valence-corrected chi connectivity index (χ2v) is 13.0. The normalized spacial score (nSPS) is 12.7. The number of para-hydroxylation sites is 2. The number of aliphatic imine (C=N–C) groups is 2. The van der Waals surface area contributed by atoms with E-state index >= 15 is 0 Å². The maximum Gasteiger partial charge on any atom is 0.155 e. The van der Waals surface area contributed by atoms with Crippen LogP contribution in [-0.4, -0.2) is 16.1 Å². The molecule has 0 atom stereocenters. The largest absolute Gasteiger partial charge is 0.309 e. The molecule has 0 unspecified atom stereocenters. The van der Waals surface area contributed by atoms with Gasteiger partial charge < -0.3 is 4.57 Å². The predicted octanol–water partition coefficient (Wildman–Crippen LogP) is 11.5. The number of amidine groups is 1. The van der Waals surface area contributed by atoms with Crippen LogP contribution in [-0.2, 0) is 13.0 Å². The molecule has 1 aromatic heterocycles. The molecular weight excluding hydrogens is 607 g/mol. The van der Waals surface area contributed by atoms with Crippen LogP contribution in [0.4, 0.5) is 0 Å². The Kier molecular flexibility index (Phi) is 7.51. The highest BCUT2D eigenvalue weighted by atomic mass is 15.0. The molecule has 7 aromatic carbocycles. The number of hydrogen-bond acceptors (Lipinski definition) is 1. The minimum absolute atomic E-state index is 0.575. The average Bonchev–Trinajstić information content (AvgIpc) is 3.73. The van der Waals surface area contributed by atoms with Crippen molar-refractivity contribution in [2.45, 2.75) is 19.9 Å². The standard InChI is InChI=1S/C47H35N3/c1-32(34-15-6-3-7-16-34)49-47(48-31-33-13-4-2-5-14-33)36-25-23-35(24-26-36)37-27-28-40-39(29-37)30-38-17-12-22-45(46(38)40)50-43-20-10-8-18-41(43)42-19-9-11-21-44(42)50/h2-29H,30-31H2,1H3/b48-47-,49-32+. The molecule has 1 aliphatic carbocycles. The molecule has 238 valence electrons. The van der Waals surface area contributed by atoms with Crippen molar-refractivity contribution in [1.29, 1.82) is 0 Å². The Balaban J connectivity index is 1.07. The van der Waals surface area contributed by atoms with Crippen molar-refractivity contribution in [3.05, 3.63) is 198 Å². The van der Waals surface area contributed by atoms with Crippen LogP contribution in [0.5, 0.6) is 0 Å². The van der Waals surface area contributed by atoms with Crippen LogP contribution in [0.1, 0.15) is 34.7 Å². The maximum absolute atomic E-state index is 5.04. The zero-order chi connectivity index (χ0) is 33.4. The van der Waals surface area contributed by atoms with Crippen molar-refractivity contribution in [1.82, 2.24) is 4.57 Å². The molecule has 0 spiro atoms. The van der Waals surface area contributed by atoms with E-state index in [4.69, 9.17) is 9.98 Å². The van der Waals surface area contributed by atoms with Gasteiger partial charge in [-0.1, -0.05) is 152 Å². The summed E-state index contributed by atoms with van der Waals surface area (Å²) in [6, 6.07) is 60.6. The van der Waals surface area contributed by atoms with E-state index in [0.29, 0.717) is 6.54 Å². The summed E-state index contributed by atoms with van der Waals surface area (Å²) < 4.78 is 2.45. The fourth-order valence-electron chi connectivity index (χ4n) is 7.44. The van der Waals surface area contributed by atoms with Gasteiger partial charge in [-0.2, -0.15) is 0 Å². The van der Waals surface area contributed by atoms with Crippen molar-refractivity contribution in [3.63, 3.8) is 0 Å². The smallest absolute Gasteiger partial charge is 0.155 e. The predicted molar refractivity (Wildman–Crippen MR) is 210 cm³/mol. The Labute approximate surface area is 292 Å². The molecule has 50 heavy (non-hydrogen) atoms. The topological polar surface area (TPSA) is 29.6 Å². The van der Waals surface area contributed by atoms with E-state index in [-0.39, 0.29) is 0 Å². The third-order valence-corrected chi connectivity index (χ3v) is 9.90. The number of fused-ring (bicyclic) bond motifs is 6. The molecule has 1 aliphatic rings. The Morgan fingerprint density at radius 1 is 0.560 bits per heavy atom. The lowest BCUT2D eigenvalue weighted by atomic mass is 9.97. The van der Waals surface area contributed by atoms with E-state index in [2.05, 4.69) is 157 Å². The highest BCUT2D eigenvalue weighted by Gasteiger charge is 2.24. The van der Waals surface area contributed by atoms with Gasteiger partial charge >= 0.3 is 0 Å². The second kappa shape index (κ2) is 12.6. The monoisotopic (exact) mass is 641 g/mol. The lowest BCUT2D eigenvalue weighted by Crippen LogP contribution is -2.04. The van der Waals surface area contributed by atoms with Crippen molar-refractivity contribution >= 4 is 33.4 Å². The van der Waals surface area contributed by atoms with Crippen LogP contribution in [0.15, 0.2) is 180 Å². The minimum Gasteiger partial charge on any atom is -0.309 e. The highest BCUT2D eigenvalue weighted by molar-refractivity contribution is 6.12. The molecule has 8 aromatic rings. The third kappa shape index (κ3) is 5.34. The van der Waals surface area contributed by atoms with Gasteiger partial charge in [0, 0.05) is 27.6 Å². The Hall–Kier alpha value is -6.32. The fourth-order valence-corrected chi connectivity index (χ4v) is 7.44. The molecule has 3 nitrogen and oxygen atoms in total. The van der Waals surface area contributed by atoms with Crippen LogP contribution >= 0.6 is 0 Å². The van der Waals surface area contributed by atoms with Gasteiger partial charge in [0.2, 0.25) is 0 Å². The quantitative estimate of drug-likeness (QED) is 0.128. The molecule has 3 heteroatoms. The Morgan fingerprint density at radius 3 is 1.92 bits per heavy atom. The number of hydrogen-bond donors (Lipinski definition) is 0. The number of nitrogens with zero attached hydrogens (tertiary/aromatic N) is 3. The summed E-state index contributed by atoms with van der Waals surface area (Å²) in [6.45, 7) is 2.63. The van der Waals surface area contributed by atoms with Crippen molar-refractivity contribution in [2.24, 2.45) is 9.98 Å². The first-order valence-corrected chi connectivity index (χ1v) is 17.2. The van der Waals surface area contributed by atoms with Gasteiger partial charge in [-0.25, -0.2) is 4.99 Å². The Bertz CT molecular complexity index is 2520. The maximum atomic E-state index is 5.04.